The fourth-order valence-electron chi connectivity index (χ4n) is 3.95. The molecule has 3 aromatic rings. The van der Waals surface area contributed by atoms with Crippen LogP contribution in [0.15, 0.2) is 72.8 Å². The third-order valence-corrected chi connectivity index (χ3v) is 5.77. The Hall–Kier alpha value is -3.31. The normalized spacial score (nSPS) is 19.4. The molecule has 1 aliphatic rings. The largest absolute Gasteiger partial charge is 0.618 e. The first-order chi connectivity index (χ1) is 14.8. The third kappa shape index (κ3) is 3.89. The van der Waals surface area contributed by atoms with Gasteiger partial charge < -0.3 is 9.94 Å². The molecular formula is C26H28N2O3. The molecule has 0 bridgehead atoms. The van der Waals surface area contributed by atoms with Crippen LogP contribution in [0.4, 0.5) is 11.4 Å². The first-order valence-corrected chi connectivity index (χ1v) is 10.4. The molecule has 5 heteroatoms. The van der Waals surface area contributed by atoms with E-state index in [0.717, 1.165) is 27.3 Å². The maximum absolute atomic E-state index is 13.7. The van der Waals surface area contributed by atoms with E-state index in [4.69, 9.17) is 9.57 Å². The maximum atomic E-state index is 13.7. The number of nitrogens with zero attached hydrogens (tertiary/aromatic N) is 2. The van der Waals surface area contributed by atoms with E-state index in [2.05, 4.69) is 0 Å². The first-order valence-electron chi connectivity index (χ1n) is 10.4. The predicted octanol–water partition coefficient (Wildman–Crippen LogP) is 5.87. The molecule has 1 saturated heterocycles. The molecule has 0 unspecified atom stereocenters. The molecule has 0 amide bonds. The van der Waals surface area contributed by atoms with Crippen molar-refractivity contribution in [1.29, 1.82) is 0 Å². The summed E-state index contributed by atoms with van der Waals surface area (Å²) in [6, 6.07) is 23.4. The molecule has 0 N–H and O–H groups in total. The fraction of sp³-hybridized carbons (Fsp3) is 0.269. The van der Waals surface area contributed by atoms with E-state index in [1.165, 1.54) is 5.56 Å². The number of hydrogen-bond donors (Lipinski definition) is 0. The summed E-state index contributed by atoms with van der Waals surface area (Å²) in [6.45, 7) is 8.10. The summed E-state index contributed by atoms with van der Waals surface area (Å²) in [7, 11) is 1.64. The van der Waals surface area contributed by atoms with Crippen LogP contribution >= 0.6 is 0 Å². The quantitative estimate of drug-likeness (QED) is 0.303. The van der Waals surface area contributed by atoms with Crippen LogP contribution in [0.25, 0.3) is 0 Å². The molecule has 1 atom stereocenters. The highest BCUT2D eigenvalue weighted by Crippen LogP contribution is 2.42. The van der Waals surface area contributed by atoms with Crippen molar-refractivity contribution in [3.8, 4) is 5.75 Å². The Morgan fingerprint density at radius 2 is 1.42 bits per heavy atom. The Morgan fingerprint density at radius 1 is 0.871 bits per heavy atom. The molecule has 1 fully saturated rings. The molecular weight excluding hydrogens is 388 g/mol. The van der Waals surface area contributed by atoms with E-state index in [0.29, 0.717) is 11.4 Å². The van der Waals surface area contributed by atoms with Crippen molar-refractivity contribution < 1.29 is 14.3 Å². The molecule has 31 heavy (non-hydrogen) atoms. The molecule has 160 valence electrons. The highest BCUT2D eigenvalue weighted by Gasteiger charge is 2.53. The lowest BCUT2D eigenvalue weighted by Gasteiger charge is -2.29. The Balaban J connectivity index is 1.86. The van der Waals surface area contributed by atoms with Crippen LogP contribution in [0.2, 0.25) is 0 Å². The van der Waals surface area contributed by atoms with Gasteiger partial charge in [0, 0.05) is 12.1 Å². The monoisotopic (exact) mass is 416 g/mol. The molecule has 1 heterocycles. The lowest BCUT2D eigenvalue weighted by Crippen LogP contribution is -2.45. The van der Waals surface area contributed by atoms with Crippen molar-refractivity contribution in [1.82, 2.24) is 0 Å². The van der Waals surface area contributed by atoms with E-state index in [9.17, 15) is 5.21 Å². The number of anilines is 1. The fourth-order valence-corrected chi connectivity index (χ4v) is 3.95. The summed E-state index contributed by atoms with van der Waals surface area (Å²) < 4.78 is 6.32. The Bertz CT molecular complexity index is 1090. The summed E-state index contributed by atoms with van der Waals surface area (Å²) in [6.07, 6.45) is -0.527. The average molecular weight is 417 g/mol. The topological polar surface area (TPSA) is 47.8 Å². The molecule has 0 radical (unpaired) electrons. The van der Waals surface area contributed by atoms with Gasteiger partial charge in [-0.1, -0.05) is 47.5 Å². The van der Waals surface area contributed by atoms with Gasteiger partial charge in [0.15, 0.2) is 6.10 Å². The molecule has 0 saturated carbocycles. The predicted molar refractivity (Wildman–Crippen MR) is 124 cm³/mol. The standard InChI is InChI=1S/C26H28N2O3/c1-18-6-12-21(13-7-18)27(29)25-24(20-10-16-23(30-5)17-11-20)31-28(26(25,3)4)22-14-8-19(2)9-15-22/h6-17,24H,1-5H3/b27-25-/t24-/m0/s1. The zero-order valence-corrected chi connectivity index (χ0v) is 18.6. The van der Waals surface area contributed by atoms with Crippen LogP contribution in [0.3, 0.4) is 0 Å². The summed E-state index contributed by atoms with van der Waals surface area (Å²) in [5, 5.41) is 15.5. The van der Waals surface area contributed by atoms with Gasteiger partial charge in [-0.15, -0.1) is 0 Å². The number of rotatable bonds is 4. The highest BCUT2D eigenvalue weighted by molar-refractivity contribution is 5.98. The van der Waals surface area contributed by atoms with Crippen LogP contribution in [0.5, 0.6) is 5.75 Å². The van der Waals surface area contributed by atoms with Gasteiger partial charge in [0.25, 0.3) is 0 Å². The summed E-state index contributed by atoms with van der Waals surface area (Å²) >= 11 is 0. The van der Waals surface area contributed by atoms with Gasteiger partial charge in [-0.3, -0.25) is 4.84 Å². The molecule has 0 spiro atoms. The minimum Gasteiger partial charge on any atom is -0.618 e. The number of aryl methyl sites for hydroxylation is 2. The molecule has 3 aromatic carbocycles. The third-order valence-electron chi connectivity index (χ3n) is 5.77. The number of hydroxylamine groups is 1. The van der Waals surface area contributed by atoms with Crippen molar-refractivity contribution >= 4 is 17.1 Å². The van der Waals surface area contributed by atoms with Crippen LogP contribution in [0.1, 0.15) is 36.6 Å². The average Bonchev–Trinajstić information content (AvgIpc) is 3.05. The molecule has 0 aliphatic carbocycles. The number of hydrogen-bond acceptors (Lipinski definition) is 4. The Kier molecular flexibility index (Phi) is 5.46. The van der Waals surface area contributed by atoms with Gasteiger partial charge in [-0.05, 0) is 57.5 Å². The van der Waals surface area contributed by atoms with Crippen LogP contribution < -0.4 is 9.80 Å². The van der Waals surface area contributed by atoms with Gasteiger partial charge in [-0.2, -0.15) is 4.74 Å². The van der Waals surface area contributed by atoms with E-state index < -0.39 is 11.6 Å². The molecule has 1 aliphatic heterocycles. The maximum Gasteiger partial charge on any atom is 0.233 e. The highest BCUT2D eigenvalue weighted by atomic mass is 16.7. The van der Waals surface area contributed by atoms with Crippen LogP contribution in [-0.2, 0) is 4.84 Å². The van der Waals surface area contributed by atoms with E-state index >= 15 is 0 Å². The van der Waals surface area contributed by atoms with Crippen molar-refractivity contribution in [2.24, 2.45) is 0 Å². The summed E-state index contributed by atoms with van der Waals surface area (Å²) in [5.74, 6) is 0.760. The molecule has 0 aromatic heterocycles. The van der Waals surface area contributed by atoms with Gasteiger partial charge in [0.1, 0.15) is 11.3 Å². The van der Waals surface area contributed by atoms with Crippen molar-refractivity contribution in [3.63, 3.8) is 0 Å². The number of ether oxygens (including phenoxy) is 1. The minimum atomic E-state index is -0.674. The Morgan fingerprint density at radius 3 is 1.97 bits per heavy atom. The zero-order chi connectivity index (χ0) is 22.2. The minimum absolute atomic E-state index is 0.527. The summed E-state index contributed by atoms with van der Waals surface area (Å²) in [4.78, 5) is 6.45. The molecule has 4 rings (SSSR count). The van der Waals surface area contributed by atoms with Gasteiger partial charge in [0.05, 0.1) is 12.8 Å². The second-order valence-corrected chi connectivity index (χ2v) is 8.46. The van der Waals surface area contributed by atoms with Crippen LogP contribution in [0, 0.1) is 19.1 Å². The Labute approximate surface area is 183 Å². The lowest BCUT2D eigenvalue weighted by molar-refractivity contribution is -0.366. The van der Waals surface area contributed by atoms with Crippen molar-refractivity contribution in [2.45, 2.75) is 39.3 Å². The second kappa shape index (κ2) is 8.08. The summed E-state index contributed by atoms with van der Waals surface area (Å²) in [5.41, 5.74) is 4.61. The van der Waals surface area contributed by atoms with E-state index in [-0.39, 0.29) is 0 Å². The van der Waals surface area contributed by atoms with Crippen molar-refractivity contribution in [3.05, 3.63) is 94.7 Å². The first kappa shape index (κ1) is 20.9. The van der Waals surface area contributed by atoms with Gasteiger partial charge in [0.2, 0.25) is 11.4 Å². The smallest absolute Gasteiger partial charge is 0.233 e. The van der Waals surface area contributed by atoms with E-state index in [1.807, 2.05) is 106 Å². The second-order valence-electron chi connectivity index (χ2n) is 8.46. The SMILES string of the molecule is COc1ccc([C@@H]2ON(c3ccc(C)cc3)C(C)(C)/C2=[N+](\[O-])c2ccc(C)cc2)cc1. The van der Waals surface area contributed by atoms with E-state index in [1.54, 1.807) is 7.11 Å². The van der Waals surface area contributed by atoms with Crippen molar-refractivity contribution in [2.75, 3.05) is 12.2 Å². The molecule has 5 nitrogen and oxygen atoms in total. The zero-order valence-electron chi connectivity index (χ0n) is 18.6. The van der Waals surface area contributed by atoms with Crippen LogP contribution in [-0.4, -0.2) is 23.1 Å². The number of benzene rings is 3. The van der Waals surface area contributed by atoms with Gasteiger partial charge in [-0.25, -0.2) is 5.06 Å². The van der Waals surface area contributed by atoms with Gasteiger partial charge >= 0.3 is 0 Å². The lowest BCUT2D eigenvalue weighted by atomic mass is 9.90. The number of methoxy groups -OCH3 is 1.